The van der Waals surface area contributed by atoms with Crippen molar-refractivity contribution in [2.45, 2.75) is 44.8 Å². The first kappa shape index (κ1) is 20.9. The summed E-state index contributed by atoms with van der Waals surface area (Å²) in [5.74, 6) is 0.329. The van der Waals surface area contributed by atoms with Gasteiger partial charge >= 0.3 is 0 Å². The Balaban J connectivity index is 1.81. The molecule has 1 N–H and O–H groups in total. The summed E-state index contributed by atoms with van der Waals surface area (Å²) in [5.41, 5.74) is 1.17. The van der Waals surface area contributed by atoms with E-state index >= 15 is 0 Å². The van der Waals surface area contributed by atoms with Gasteiger partial charge < -0.3 is 10.2 Å². The van der Waals surface area contributed by atoms with Gasteiger partial charge in [-0.25, -0.2) is 4.98 Å². The molecule has 2 heterocycles. The van der Waals surface area contributed by atoms with Gasteiger partial charge in [0.25, 0.3) is 5.56 Å². The summed E-state index contributed by atoms with van der Waals surface area (Å²) in [6, 6.07) is 0. The van der Waals surface area contributed by atoms with E-state index in [0.717, 1.165) is 29.5 Å². The van der Waals surface area contributed by atoms with E-state index in [4.69, 9.17) is 4.98 Å². The van der Waals surface area contributed by atoms with E-state index in [0.29, 0.717) is 17.6 Å². The number of fused-ring (bicyclic) bond motifs is 3. The first-order valence-electron chi connectivity index (χ1n) is 9.46. The first-order chi connectivity index (χ1) is 13.3. The molecule has 0 saturated heterocycles. The zero-order valence-corrected chi connectivity index (χ0v) is 18.3. The summed E-state index contributed by atoms with van der Waals surface area (Å²) in [5, 5.41) is 3.92. The van der Waals surface area contributed by atoms with Crippen LogP contribution in [0.15, 0.2) is 9.95 Å². The van der Waals surface area contributed by atoms with Gasteiger partial charge in [-0.3, -0.25) is 19.0 Å². The number of carbonyl (C=O) groups is 2. The third-order valence-electron chi connectivity index (χ3n) is 4.96. The van der Waals surface area contributed by atoms with Crippen LogP contribution in [0.4, 0.5) is 0 Å². The Bertz CT molecular complexity index is 964. The van der Waals surface area contributed by atoms with Crippen LogP contribution in [-0.2, 0) is 29.0 Å². The van der Waals surface area contributed by atoms with Crippen molar-refractivity contribution >= 4 is 45.1 Å². The number of thioether (sulfide) groups is 1. The number of hydrogen-bond acceptors (Lipinski definition) is 6. The fourth-order valence-corrected chi connectivity index (χ4v) is 5.62. The first-order valence-corrected chi connectivity index (χ1v) is 11.3. The highest BCUT2D eigenvalue weighted by molar-refractivity contribution is 7.99. The number of thiophene rings is 1. The molecular weight excluding hydrogens is 396 g/mol. The minimum absolute atomic E-state index is 0.00903. The van der Waals surface area contributed by atoms with Crippen LogP contribution < -0.4 is 10.9 Å². The van der Waals surface area contributed by atoms with E-state index in [9.17, 15) is 14.4 Å². The molecule has 7 nitrogen and oxygen atoms in total. The maximum atomic E-state index is 13.1. The Kier molecular flexibility index (Phi) is 6.44. The van der Waals surface area contributed by atoms with Crippen LogP contribution in [-0.4, -0.2) is 52.7 Å². The van der Waals surface area contributed by atoms with Gasteiger partial charge in [0.2, 0.25) is 11.8 Å². The lowest BCUT2D eigenvalue weighted by Gasteiger charge is -2.17. The number of nitrogens with zero attached hydrogens (tertiary/aromatic N) is 3. The van der Waals surface area contributed by atoms with Gasteiger partial charge in [-0.05, 0) is 37.7 Å². The maximum Gasteiger partial charge on any atom is 0.263 e. The molecule has 1 atom stereocenters. The van der Waals surface area contributed by atoms with Gasteiger partial charge in [0.05, 0.1) is 17.7 Å². The molecule has 1 aliphatic rings. The molecular formula is C19H26N4O3S2. The lowest BCUT2D eigenvalue weighted by atomic mass is 9.89. The third-order valence-corrected chi connectivity index (χ3v) is 7.09. The summed E-state index contributed by atoms with van der Waals surface area (Å²) in [7, 11) is 3.29. The molecule has 0 radical (unpaired) electrons. The summed E-state index contributed by atoms with van der Waals surface area (Å²) in [6.45, 7) is 4.63. The lowest BCUT2D eigenvalue weighted by molar-refractivity contribution is -0.130. The van der Waals surface area contributed by atoms with Crippen molar-refractivity contribution < 1.29 is 9.59 Å². The van der Waals surface area contributed by atoms with E-state index in [1.54, 1.807) is 30.0 Å². The van der Waals surface area contributed by atoms with Crippen molar-refractivity contribution in [2.75, 3.05) is 26.4 Å². The number of amides is 2. The fraction of sp³-hybridized carbons (Fsp3) is 0.579. The Hall–Kier alpha value is -1.87. The average molecular weight is 423 g/mol. The van der Waals surface area contributed by atoms with Gasteiger partial charge in [-0.2, -0.15) is 0 Å². The monoisotopic (exact) mass is 422 g/mol. The molecule has 0 bridgehead atoms. The van der Waals surface area contributed by atoms with Crippen molar-refractivity contribution in [1.29, 1.82) is 0 Å². The van der Waals surface area contributed by atoms with E-state index in [-0.39, 0.29) is 29.7 Å². The smallest absolute Gasteiger partial charge is 0.263 e. The number of rotatable bonds is 6. The normalized spacial score (nSPS) is 16.1. The molecule has 0 unspecified atom stereocenters. The molecule has 28 heavy (non-hydrogen) atoms. The highest BCUT2D eigenvalue weighted by Gasteiger charge is 2.24. The van der Waals surface area contributed by atoms with Crippen LogP contribution >= 0.6 is 23.1 Å². The summed E-state index contributed by atoms with van der Waals surface area (Å²) in [6.07, 6.45) is 3.05. The number of aromatic nitrogens is 2. The highest BCUT2D eigenvalue weighted by atomic mass is 32.2. The van der Waals surface area contributed by atoms with Gasteiger partial charge in [-0.15, -0.1) is 11.3 Å². The molecule has 2 aromatic heterocycles. The molecule has 0 spiro atoms. The topological polar surface area (TPSA) is 84.3 Å². The van der Waals surface area contributed by atoms with Crippen LogP contribution in [0.5, 0.6) is 0 Å². The molecule has 0 aromatic carbocycles. The standard InChI is InChI=1S/C19H26N4O3S2/c1-5-23-18(26)16-12-7-6-11(2)8-13(12)28-17(16)21-19(23)27-10-14(24)20-9-15(25)22(3)4/h11H,5-10H2,1-4H3,(H,20,24)/t11-/m0/s1. The SMILES string of the molecule is CCn1c(SCC(=O)NCC(=O)N(C)C)nc2sc3c(c2c1=O)CC[C@H](C)C3. The highest BCUT2D eigenvalue weighted by Crippen LogP contribution is 2.36. The fourth-order valence-electron chi connectivity index (χ4n) is 3.31. The predicted molar refractivity (Wildman–Crippen MR) is 113 cm³/mol. The molecule has 0 aliphatic heterocycles. The van der Waals surface area contributed by atoms with Crippen LogP contribution in [0.1, 0.15) is 30.7 Å². The molecule has 0 saturated carbocycles. The number of likely N-dealkylation sites (N-methyl/N-ethyl adjacent to an activating group) is 1. The molecule has 0 fully saturated rings. The van der Waals surface area contributed by atoms with Crippen LogP contribution in [0.2, 0.25) is 0 Å². The average Bonchev–Trinajstić information content (AvgIpc) is 3.01. The second-order valence-corrected chi connectivity index (χ2v) is 9.36. The number of nitrogens with one attached hydrogen (secondary N) is 1. The van der Waals surface area contributed by atoms with Crippen LogP contribution in [0.25, 0.3) is 10.2 Å². The van der Waals surface area contributed by atoms with Crippen molar-refractivity contribution in [3.05, 3.63) is 20.8 Å². The molecule has 3 rings (SSSR count). The zero-order valence-electron chi connectivity index (χ0n) is 16.7. The zero-order chi connectivity index (χ0) is 20.4. The third kappa shape index (κ3) is 4.25. The second kappa shape index (κ2) is 8.65. The Labute approximate surface area is 172 Å². The minimum Gasteiger partial charge on any atom is -0.347 e. The molecule has 152 valence electrons. The Morgan fingerprint density at radius 3 is 2.82 bits per heavy atom. The quantitative estimate of drug-likeness (QED) is 0.568. The van der Waals surface area contributed by atoms with Gasteiger partial charge in [0.15, 0.2) is 5.16 Å². The van der Waals surface area contributed by atoms with Crippen LogP contribution in [0, 0.1) is 5.92 Å². The van der Waals surface area contributed by atoms with Gasteiger partial charge in [0, 0.05) is 25.5 Å². The predicted octanol–water partition coefficient (Wildman–Crippen LogP) is 1.90. The summed E-state index contributed by atoms with van der Waals surface area (Å²) < 4.78 is 1.65. The van der Waals surface area contributed by atoms with Crippen molar-refractivity contribution in [3.63, 3.8) is 0 Å². The Morgan fingerprint density at radius 1 is 1.39 bits per heavy atom. The van der Waals surface area contributed by atoms with Gasteiger partial charge in [0.1, 0.15) is 4.83 Å². The van der Waals surface area contributed by atoms with Crippen molar-refractivity contribution in [2.24, 2.45) is 5.92 Å². The van der Waals surface area contributed by atoms with E-state index in [2.05, 4.69) is 12.2 Å². The van der Waals surface area contributed by atoms with E-state index < -0.39 is 0 Å². The molecule has 2 amide bonds. The van der Waals surface area contributed by atoms with Crippen LogP contribution in [0.3, 0.4) is 0 Å². The van der Waals surface area contributed by atoms with Crippen molar-refractivity contribution in [3.8, 4) is 0 Å². The second-order valence-electron chi connectivity index (χ2n) is 7.33. The largest absolute Gasteiger partial charge is 0.347 e. The number of aryl methyl sites for hydroxylation is 1. The maximum absolute atomic E-state index is 13.1. The number of carbonyl (C=O) groups excluding carboxylic acids is 2. The summed E-state index contributed by atoms with van der Waals surface area (Å²) >= 11 is 2.85. The lowest BCUT2D eigenvalue weighted by Crippen LogP contribution is -2.37. The molecule has 1 aliphatic carbocycles. The number of hydrogen-bond donors (Lipinski definition) is 1. The Morgan fingerprint density at radius 2 is 2.14 bits per heavy atom. The van der Waals surface area contributed by atoms with E-state index in [1.165, 1.54) is 27.1 Å². The molecule has 2 aromatic rings. The van der Waals surface area contributed by atoms with E-state index in [1.807, 2.05) is 6.92 Å². The summed E-state index contributed by atoms with van der Waals surface area (Å²) in [4.78, 5) is 45.0. The minimum atomic E-state index is -0.253. The van der Waals surface area contributed by atoms with Crippen molar-refractivity contribution in [1.82, 2.24) is 19.8 Å². The van der Waals surface area contributed by atoms with Gasteiger partial charge in [-0.1, -0.05) is 18.7 Å². The molecule has 9 heteroatoms.